The highest BCUT2D eigenvalue weighted by Gasteiger charge is 2.30. The lowest BCUT2D eigenvalue weighted by Crippen LogP contribution is -2.39. The molecule has 1 amide bonds. The predicted molar refractivity (Wildman–Crippen MR) is 117 cm³/mol. The van der Waals surface area contributed by atoms with Gasteiger partial charge in [0.2, 0.25) is 0 Å². The Balaban J connectivity index is 1.40. The van der Waals surface area contributed by atoms with Crippen molar-refractivity contribution in [2.24, 2.45) is 11.3 Å². The van der Waals surface area contributed by atoms with Gasteiger partial charge < -0.3 is 14.8 Å². The lowest BCUT2D eigenvalue weighted by Gasteiger charge is -2.37. The second-order valence-electron chi connectivity index (χ2n) is 8.92. The molecule has 2 aromatic rings. The summed E-state index contributed by atoms with van der Waals surface area (Å²) in [5.41, 5.74) is 1.03. The molecule has 156 valence electrons. The number of benzene rings is 2. The third kappa shape index (κ3) is 6.52. The molecule has 0 aliphatic heterocycles. The van der Waals surface area contributed by atoms with Gasteiger partial charge in [0.25, 0.3) is 5.91 Å². The normalized spacial score (nSPS) is 19.4. The Kier molecular flexibility index (Phi) is 7.18. The van der Waals surface area contributed by atoms with Crippen molar-refractivity contribution < 1.29 is 14.3 Å². The van der Waals surface area contributed by atoms with Crippen molar-refractivity contribution in [3.8, 4) is 11.5 Å². The predicted octanol–water partition coefficient (Wildman–Crippen LogP) is 5.48. The molecule has 0 radical (unpaired) electrons. The molecule has 0 saturated heterocycles. The molecule has 0 atom stereocenters. The molecular formula is C25H33NO3. The number of hydrogen-bond donors (Lipinski definition) is 1. The van der Waals surface area contributed by atoms with Crippen molar-refractivity contribution in [2.75, 3.05) is 13.2 Å². The molecule has 1 saturated carbocycles. The molecule has 0 spiro atoms. The lowest BCUT2D eigenvalue weighted by atomic mass is 9.71. The summed E-state index contributed by atoms with van der Waals surface area (Å²) < 4.78 is 11.3. The molecule has 0 bridgehead atoms. The third-order valence-electron chi connectivity index (χ3n) is 5.77. The minimum absolute atomic E-state index is 0.00293. The van der Waals surface area contributed by atoms with Crippen LogP contribution in [0.2, 0.25) is 0 Å². The maximum Gasteiger partial charge on any atom is 0.251 e. The first kappa shape index (κ1) is 21.2. The van der Waals surface area contributed by atoms with Crippen molar-refractivity contribution in [3.05, 3.63) is 60.2 Å². The van der Waals surface area contributed by atoms with Gasteiger partial charge in [0.1, 0.15) is 24.7 Å². The van der Waals surface area contributed by atoms with Crippen molar-refractivity contribution in [2.45, 2.75) is 52.5 Å². The summed E-state index contributed by atoms with van der Waals surface area (Å²) in [4.78, 5) is 12.5. The highest BCUT2D eigenvalue weighted by atomic mass is 16.5. The molecule has 0 unspecified atom stereocenters. The number of rotatable bonds is 7. The fourth-order valence-corrected chi connectivity index (χ4v) is 3.91. The molecule has 29 heavy (non-hydrogen) atoms. The van der Waals surface area contributed by atoms with E-state index in [-0.39, 0.29) is 11.9 Å². The largest absolute Gasteiger partial charge is 0.490 e. The fourth-order valence-electron chi connectivity index (χ4n) is 3.91. The summed E-state index contributed by atoms with van der Waals surface area (Å²) in [6, 6.07) is 17.3. The van der Waals surface area contributed by atoms with Gasteiger partial charge in [0.15, 0.2) is 0 Å². The molecule has 3 rings (SSSR count). The molecule has 0 heterocycles. The maximum absolute atomic E-state index is 12.5. The van der Waals surface area contributed by atoms with Gasteiger partial charge in [0, 0.05) is 11.6 Å². The van der Waals surface area contributed by atoms with Gasteiger partial charge in [-0.1, -0.05) is 39.0 Å². The third-order valence-corrected chi connectivity index (χ3v) is 5.77. The van der Waals surface area contributed by atoms with E-state index in [1.165, 1.54) is 12.8 Å². The van der Waals surface area contributed by atoms with Gasteiger partial charge in [-0.2, -0.15) is 0 Å². The van der Waals surface area contributed by atoms with Crippen molar-refractivity contribution in [3.63, 3.8) is 0 Å². The quantitative estimate of drug-likeness (QED) is 0.632. The summed E-state index contributed by atoms with van der Waals surface area (Å²) in [7, 11) is 0. The van der Waals surface area contributed by atoms with Gasteiger partial charge in [-0.05, 0) is 73.4 Å². The first-order chi connectivity index (χ1) is 13.9. The van der Waals surface area contributed by atoms with Crippen LogP contribution in [-0.2, 0) is 0 Å². The van der Waals surface area contributed by atoms with E-state index in [2.05, 4.69) is 26.1 Å². The molecule has 4 heteroatoms. The molecule has 2 aromatic carbocycles. The summed E-state index contributed by atoms with van der Waals surface area (Å²) in [5.74, 6) is 2.32. The van der Waals surface area contributed by atoms with Crippen LogP contribution in [0.15, 0.2) is 54.6 Å². The standard InChI is InChI=1S/C25H33NO3/c1-25(2,3)20-11-13-21(14-12-20)26-24(27)19-9-15-23(16-10-19)29-18-17-28-22-7-5-4-6-8-22/h4-10,15-16,20-21H,11-14,17-18H2,1-3H3,(H,26,27). The van der Waals surface area contributed by atoms with E-state index in [0.717, 1.165) is 30.3 Å². The second kappa shape index (κ2) is 9.82. The average Bonchev–Trinajstić information content (AvgIpc) is 2.72. The maximum atomic E-state index is 12.5. The Morgan fingerprint density at radius 1 is 0.862 bits per heavy atom. The highest BCUT2D eigenvalue weighted by molar-refractivity contribution is 5.94. The van der Waals surface area contributed by atoms with E-state index in [1.54, 1.807) is 0 Å². The number of hydrogen-bond acceptors (Lipinski definition) is 3. The Bertz CT molecular complexity index is 757. The second-order valence-corrected chi connectivity index (χ2v) is 8.92. The number of amides is 1. The smallest absolute Gasteiger partial charge is 0.251 e. The van der Waals surface area contributed by atoms with E-state index in [0.29, 0.717) is 24.2 Å². The monoisotopic (exact) mass is 395 g/mol. The van der Waals surface area contributed by atoms with Crippen LogP contribution in [0, 0.1) is 11.3 Å². The number of para-hydroxylation sites is 1. The molecular weight excluding hydrogens is 362 g/mol. The Morgan fingerprint density at radius 3 is 1.97 bits per heavy atom. The number of carbonyl (C=O) groups is 1. The van der Waals surface area contributed by atoms with Crippen LogP contribution in [0.5, 0.6) is 11.5 Å². The first-order valence-electron chi connectivity index (χ1n) is 10.6. The SMILES string of the molecule is CC(C)(C)C1CCC(NC(=O)c2ccc(OCCOc3ccccc3)cc2)CC1. The Hall–Kier alpha value is -2.49. The Labute approximate surface area is 174 Å². The summed E-state index contributed by atoms with van der Waals surface area (Å²) >= 11 is 0. The average molecular weight is 396 g/mol. The Morgan fingerprint density at radius 2 is 1.41 bits per heavy atom. The van der Waals surface area contributed by atoms with Crippen LogP contribution in [0.3, 0.4) is 0 Å². The summed E-state index contributed by atoms with van der Waals surface area (Å²) in [6.07, 6.45) is 4.51. The minimum Gasteiger partial charge on any atom is -0.490 e. The van der Waals surface area contributed by atoms with E-state index >= 15 is 0 Å². The topological polar surface area (TPSA) is 47.6 Å². The van der Waals surface area contributed by atoms with Crippen molar-refractivity contribution in [1.29, 1.82) is 0 Å². The molecule has 1 aliphatic rings. The van der Waals surface area contributed by atoms with Crippen LogP contribution in [-0.4, -0.2) is 25.2 Å². The van der Waals surface area contributed by atoms with Crippen LogP contribution in [0.4, 0.5) is 0 Å². The zero-order chi connectivity index (χ0) is 20.7. The minimum atomic E-state index is 0.00293. The molecule has 0 aromatic heterocycles. The van der Waals surface area contributed by atoms with Crippen molar-refractivity contribution in [1.82, 2.24) is 5.32 Å². The van der Waals surface area contributed by atoms with E-state index in [1.807, 2.05) is 54.6 Å². The number of carbonyl (C=O) groups excluding carboxylic acids is 1. The van der Waals surface area contributed by atoms with Gasteiger partial charge in [-0.25, -0.2) is 0 Å². The van der Waals surface area contributed by atoms with Crippen LogP contribution < -0.4 is 14.8 Å². The molecule has 1 aliphatic carbocycles. The van der Waals surface area contributed by atoms with Crippen LogP contribution >= 0.6 is 0 Å². The zero-order valence-electron chi connectivity index (χ0n) is 17.8. The van der Waals surface area contributed by atoms with E-state index in [9.17, 15) is 4.79 Å². The van der Waals surface area contributed by atoms with Crippen LogP contribution in [0.1, 0.15) is 56.8 Å². The lowest BCUT2D eigenvalue weighted by molar-refractivity contribution is 0.0904. The van der Waals surface area contributed by atoms with E-state index < -0.39 is 0 Å². The number of ether oxygens (including phenoxy) is 2. The van der Waals surface area contributed by atoms with Crippen LogP contribution in [0.25, 0.3) is 0 Å². The fraction of sp³-hybridized carbons (Fsp3) is 0.480. The van der Waals surface area contributed by atoms with Gasteiger partial charge in [-0.15, -0.1) is 0 Å². The van der Waals surface area contributed by atoms with Gasteiger partial charge >= 0.3 is 0 Å². The molecule has 4 nitrogen and oxygen atoms in total. The summed E-state index contributed by atoms with van der Waals surface area (Å²) in [6.45, 7) is 7.87. The number of nitrogens with one attached hydrogen (secondary N) is 1. The van der Waals surface area contributed by atoms with Gasteiger partial charge in [0.05, 0.1) is 0 Å². The van der Waals surface area contributed by atoms with Crippen molar-refractivity contribution >= 4 is 5.91 Å². The van der Waals surface area contributed by atoms with E-state index in [4.69, 9.17) is 9.47 Å². The molecule has 1 N–H and O–H groups in total. The first-order valence-corrected chi connectivity index (χ1v) is 10.6. The highest BCUT2D eigenvalue weighted by Crippen LogP contribution is 2.37. The molecule has 1 fully saturated rings. The summed E-state index contributed by atoms with van der Waals surface area (Å²) in [5, 5.41) is 3.20. The van der Waals surface area contributed by atoms with Gasteiger partial charge in [-0.3, -0.25) is 4.79 Å². The zero-order valence-corrected chi connectivity index (χ0v) is 17.8.